The minimum Gasteiger partial charge on any atom is -0.367 e. The number of thiophene rings is 1. The first-order valence-corrected chi connectivity index (χ1v) is 9.31. The fraction of sp³-hybridized carbons (Fsp3) is 0.474. The molecule has 0 saturated carbocycles. The van der Waals surface area contributed by atoms with Gasteiger partial charge in [-0.2, -0.15) is 0 Å². The van der Waals surface area contributed by atoms with Crippen LogP contribution in [-0.2, 0) is 6.42 Å². The molecule has 2 aliphatic heterocycles. The lowest BCUT2D eigenvalue weighted by Crippen LogP contribution is -2.37. The second kappa shape index (κ2) is 6.05. The van der Waals surface area contributed by atoms with E-state index in [1.165, 1.54) is 61.4 Å². The summed E-state index contributed by atoms with van der Waals surface area (Å²) in [6, 6.07) is 12.2. The van der Waals surface area contributed by atoms with Crippen molar-refractivity contribution in [2.24, 2.45) is 0 Å². The van der Waals surface area contributed by atoms with Crippen LogP contribution in [0.15, 0.2) is 35.7 Å². The lowest BCUT2D eigenvalue weighted by atomic mass is 10.0. The van der Waals surface area contributed by atoms with Crippen LogP contribution in [0.4, 0.5) is 5.69 Å². The zero-order valence-electron chi connectivity index (χ0n) is 13.3. The van der Waals surface area contributed by atoms with Crippen molar-refractivity contribution < 1.29 is 0 Å². The molecule has 3 heterocycles. The smallest absolute Gasteiger partial charge is 0.0429 e. The average molecular weight is 312 g/mol. The Morgan fingerprint density at radius 3 is 2.86 bits per heavy atom. The van der Waals surface area contributed by atoms with Gasteiger partial charge in [-0.05, 0) is 74.0 Å². The predicted octanol–water partition coefficient (Wildman–Crippen LogP) is 4.26. The van der Waals surface area contributed by atoms with Crippen LogP contribution in [-0.4, -0.2) is 37.6 Å². The van der Waals surface area contributed by atoms with Gasteiger partial charge in [-0.15, -0.1) is 11.3 Å². The molecule has 0 bridgehead atoms. The highest BCUT2D eigenvalue weighted by atomic mass is 32.1. The number of hydrogen-bond acceptors (Lipinski definition) is 3. The van der Waals surface area contributed by atoms with Crippen LogP contribution >= 0.6 is 11.3 Å². The molecule has 4 rings (SSSR count). The molecular formula is C19H24N2S. The number of aryl methyl sites for hydroxylation is 1. The molecule has 2 aromatic rings. The van der Waals surface area contributed by atoms with Crippen molar-refractivity contribution in [1.82, 2.24) is 4.90 Å². The maximum absolute atomic E-state index is 2.70. The molecule has 1 atom stereocenters. The van der Waals surface area contributed by atoms with E-state index in [2.05, 4.69) is 52.6 Å². The standard InChI is InChI=1S/C19H24N2S/c1-20-11-9-17(14-20)21-10-3-2-5-15-13-16(7-8-18(15)21)19-6-4-12-22-19/h4,6-8,12-13,17H,2-3,5,9-11,14H2,1H3. The molecule has 0 spiro atoms. The third-order valence-electron chi connectivity index (χ3n) is 5.10. The van der Waals surface area contributed by atoms with Crippen molar-refractivity contribution in [3.05, 3.63) is 41.3 Å². The third-order valence-corrected chi connectivity index (χ3v) is 6.02. The van der Waals surface area contributed by atoms with E-state index in [0.29, 0.717) is 6.04 Å². The van der Waals surface area contributed by atoms with Gasteiger partial charge in [0.15, 0.2) is 0 Å². The number of benzene rings is 1. The molecule has 2 nitrogen and oxygen atoms in total. The summed E-state index contributed by atoms with van der Waals surface area (Å²) in [5.41, 5.74) is 4.44. The van der Waals surface area contributed by atoms with Gasteiger partial charge in [0.05, 0.1) is 0 Å². The fourth-order valence-electron chi connectivity index (χ4n) is 3.93. The lowest BCUT2D eigenvalue weighted by molar-refractivity contribution is 0.407. The Bertz CT molecular complexity index is 635. The predicted molar refractivity (Wildman–Crippen MR) is 95.9 cm³/mol. The van der Waals surface area contributed by atoms with Gasteiger partial charge in [0, 0.05) is 29.7 Å². The molecule has 22 heavy (non-hydrogen) atoms. The van der Waals surface area contributed by atoms with Crippen molar-refractivity contribution in [3.8, 4) is 10.4 Å². The zero-order valence-corrected chi connectivity index (χ0v) is 14.1. The Labute approximate surface area is 137 Å². The summed E-state index contributed by atoms with van der Waals surface area (Å²) in [5, 5.41) is 2.17. The van der Waals surface area contributed by atoms with E-state index in [9.17, 15) is 0 Å². The molecular weight excluding hydrogens is 288 g/mol. The highest BCUT2D eigenvalue weighted by Crippen LogP contribution is 2.34. The second-order valence-corrected chi connectivity index (χ2v) is 7.62. The number of fused-ring (bicyclic) bond motifs is 1. The van der Waals surface area contributed by atoms with Gasteiger partial charge in [0.1, 0.15) is 0 Å². The Morgan fingerprint density at radius 2 is 2.09 bits per heavy atom. The van der Waals surface area contributed by atoms with Crippen LogP contribution < -0.4 is 4.90 Å². The van der Waals surface area contributed by atoms with Crippen LogP contribution in [0.25, 0.3) is 10.4 Å². The fourth-order valence-corrected chi connectivity index (χ4v) is 4.65. The Morgan fingerprint density at radius 1 is 1.14 bits per heavy atom. The first kappa shape index (κ1) is 14.3. The minimum atomic E-state index is 0.703. The Hall–Kier alpha value is -1.32. The summed E-state index contributed by atoms with van der Waals surface area (Å²) in [4.78, 5) is 6.55. The quantitative estimate of drug-likeness (QED) is 0.817. The minimum absolute atomic E-state index is 0.703. The molecule has 116 valence electrons. The maximum Gasteiger partial charge on any atom is 0.0429 e. The van der Waals surface area contributed by atoms with E-state index in [0.717, 1.165) is 0 Å². The van der Waals surface area contributed by atoms with E-state index in [4.69, 9.17) is 0 Å². The number of rotatable bonds is 2. The van der Waals surface area contributed by atoms with Gasteiger partial charge in [-0.3, -0.25) is 0 Å². The molecule has 0 aliphatic carbocycles. The Kier molecular flexibility index (Phi) is 3.93. The van der Waals surface area contributed by atoms with E-state index in [1.807, 2.05) is 11.3 Å². The largest absolute Gasteiger partial charge is 0.367 e. The summed E-state index contributed by atoms with van der Waals surface area (Å²) >= 11 is 1.84. The molecule has 2 aliphatic rings. The highest BCUT2D eigenvalue weighted by Gasteiger charge is 2.28. The SMILES string of the molecule is CN1CCC(N2CCCCc3cc(-c4cccs4)ccc32)C1. The summed E-state index contributed by atoms with van der Waals surface area (Å²) in [5.74, 6) is 0. The monoisotopic (exact) mass is 312 g/mol. The molecule has 1 saturated heterocycles. The van der Waals surface area contributed by atoms with Crippen LogP contribution in [0.1, 0.15) is 24.8 Å². The number of anilines is 1. The van der Waals surface area contributed by atoms with Crippen LogP contribution in [0.3, 0.4) is 0 Å². The Balaban J connectivity index is 1.68. The van der Waals surface area contributed by atoms with Crippen molar-refractivity contribution in [3.63, 3.8) is 0 Å². The van der Waals surface area contributed by atoms with Gasteiger partial charge in [-0.25, -0.2) is 0 Å². The van der Waals surface area contributed by atoms with Crippen LogP contribution in [0.5, 0.6) is 0 Å². The van der Waals surface area contributed by atoms with E-state index >= 15 is 0 Å². The molecule has 0 N–H and O–H groups in total. The summed E-state index contributed by atoms with van der Waals surface area (Å²) < 4.78 is 0. The lowest BCUT2D eigenvalue weighted by Gasteiger charge is -2.31. The summed E-state index contributed by atoms with van der Waals surface area (Å²) in [6.07, 6.45) is 5.18. The van der Waals surface area contributed by atoms with Gasteiger partial charge in [-0.1, -0.05) is 12.1 Å². The second-order valence-electron chi connectivity index (χ2n) is 6.68. The number of likely N-dealkylation sites (N-methyl/N-ethyl adjacent to an activating group) is 1. The average Bonchev–Trinajstić information content (AvgIpc) is 3.15. The topological polar surface area (TPSA) is 6.48 Å². The van der Waals surface area contributed by atoms with E-state index in [-0.39, 0.29) is 0 Å². The molecule has 1 unspecified atom stereocenters. The number of nitrogens with zero attached hydrogens (tertiary/aromatic N) is 2. The van der Waals surface area contributed by atoms with Crippen molar-refractivity contribution in [1.29, 1.82) is 0 Å². The van der Waals surface area contributed by atoms with Gasteiger partial charge >= 0.3 is 0 Å². The first-order chi connectivity index (χ1) is 10.8. The number of hydrogen-bond donors (Lipinski definition) is 0. The molecule has 3 heteroatoms. The molecule has 1 fully saturated rings. The van der Waals surface area contributed by atoms with E-state index in [1.54, 1.807) is 5.56 Å². The van der Waals surface area contributed by atoms with Gasteiger partial charge in [0.2, 0.25) is 0 Å². The molecule has 0 amide bonds. The van der Waals surface area contributed by atoms with Crippen molar-refractivity contribution in [2.45, 2.75) is 31.7 Å². The summed E-state index contributed by atoms with van der Waals surface area (Å²) in [7, 11) is 2.25. The van der Waals surface area contributed by atoms with Crippen LogP contribution in [0, 0.1) is 0 Å². The van der Waals surface area contributed by atoms with Gasteiger partial charge < -0.3 is 9.80 Å². The number of likely N-dealkylation sites (tertiary alicyclic amines) is 1. The van der Waals surface area contributed by atoms with Crippen molar-refractivity contribution in [2.75, 3.05) is 31.6 Å². The first-order valence-electron chi connectivity index (χ1n) is 8.43. The molecule has 1 aromatic carbocycles. The van der Waals surface area contributed by atoms with Crippen molar-refractivity contribution >= 4 is 17.0 Å². The van der Waals surface area contributed by atoms with E-state index < -0.39 is 0 Å². The maximum atomic E-state index is 2.70. The zero-order chi connectivity index (χ0) is 14.9. The molecule has 0 radical (unpaired) electrons. The normalized spacial score (nSPS) is 22.6. The van der Waals surface area contributed by atoms with Crippen LogP contribution in [0.2, 0.25) is 0 Å². The van der Waals surface area contributed by atoms with Gasteiger partial charge in [0.25, 0.3) is 0 Å². The third kappa shape index (κ3) is 2.68. The summed E-state index contributed by atoms with van der Waals surface area (Å²) in [6.45, 7) is 3.68. The molecule has 1 aromatic heterocycles. The highest BCUT2D eigenvalue weighted by molar-refractivity contribution is 7.13.